The summed E-state index contributed by atoms with van der Waals surface area (Å²) < 4.78 is 1.81. The summed E-state index contributed by atoms with van der Waals surface area (Å²) in [7, 11) is 0. The quantitative estimate of drug-likeness (QED) is 0.525. The highest BCUT2D eigenvalue weighted by Gasteiger charge is 2.16. The minimum atomic E-state index is -0.944. The van der Waals surface area contributed by atoms with Gasteiger partial charge in [-0.2, -0.15) is 0 Å². The van der Waals surface area contributed by atoms with Gasteiger partial charge in [-0.1, -0.05) is 22.7 Å². The first-order valence-electron chi connectivity index (χ1n) is 7.03. The maximum Gasteiger partial charge on any atom is 0.325 e. The summed E-state index contributed by atoms with van der Waals surface area (Å²) in [4.78, 5) is 30.6. The number of carbonyl (C=O) groups is 2. The molecule has 3 rings (SSSR count). The second-order valence-corrected chi connectivity index (χ2v) is 7.30. The van der Waals surface area contributed by atoms with Gasteiger partial charge in [-0.25, -0.2) is 9.97 Å². The second kappa shape index (κ2) is 6.21. The van der Waals surface area contributed by atoms with Crippen molar-refractivity contribution in [3.63, 3.8) is 0 Å². The SMILES string of the molecule is CC(Nc1nc2cc3nc(NC(C)C(=O)O)sc3cc2s1)C(=O)O. The molecule has 0 aliphatic rings. The molecule has 1 aromatic carbocycles. The lowest BCUT2D eigenvalue weighted by molar-refractivity contribution is -0.138. The maximum atomic E-state index is 10.9. The van der Waals surface area contributed by atoms with Gasteiger partial charge in [0.05, 0.1) is 20.4 Å². The molecule has 0 radical (unpaired) electrons. The third kappa shape index (κ3) is 3.24. The molecule has 0 saturated carbocycles. The van der Waals surface area contributed by atoms with Gasteiger partial charge >= 0.3 is 11.9 Å². The Hall–Kier alpha value is -2.46. The fourth-order valence-corrected chi connectivity index (χ4v) is 3.99. The van der Waals surface area contributed by atoms with Crippen LogP contribution in [0.2, 0.25) is 0 Å². The summed E-state index contributed by atoms with van der Waals surface area (Å²) in [6.45, 7) is 3.10. The van der Waals surface area contributed by atoms with Crippen LogP contribution in [-0.4, -0.2) is 44.2 Å². The Morgan fingerprint density at radius 3 is 1.71 bits per heavy atom. The van der Waals surface area contributed by atoms with E-state index in [9.17, 15) is 9.59 Å². The molecular weight excluding hydrogens is 352 g/mol. The Balaban J connectivity index is 1.90. The lowest BCUT2D eigenvalue weighted by Crippen LogP contribution is -2.25. The molecule has 0 bridgehead atoms. The Bertz CT molecular complexity index is 813. The van der Waals surface area contributed by atoms with Gasteiger partial charge in [-0.3, -0.25) is 9.59 Å². The first kappa shape index (κ1) is 16.4. The largest absolute Gasteiger partial charge is 0.480 e. The van der Waals surface area contributed by atoms with Crippen molar-refractivity contribution in [2.75, 3.05) is 10.6 Å². The number of aromatic nitrogens is 2. The van der Waals surface area contributed by atoms with Gasteiger partial charge in [-0.05, 0) is 26.0 Å². The summed E-state index contributed by atoms with van der Waals surface area (Å²) in [5.74, 6) is -1.89. The lowest BCUT2D eigenvalue weighted by atomic mass is 10.3. The monoisotopic (exact) mass is 366 g/mol. The molecule has 126 valence electrons. The number of thiazole rings is 2. The molecule has 2 aromatic heterocycles. The van der Waals surface area contributed by atoms with Gasteiger partial charge < -0.3 is 20.8 Å². The topological polar surface area (TPSA) is 124 Å². The van der Waals surface area contributed by atoms with Gasteiger partial charge in [0.2, 0.25) is 0 Å². The summed E-state index contributed by atoms with van der Waals surface area (Å²) in [5.41, 5.74) is 1.44. The smallest absolute Gasteiger partial charge is 0.325 e. The number of aliphatic carboxylic acids is 2. The average Bonchev–Trinajstić information content (AvgIpc) is 3.05. The Morgan fingerprint density at radius 1 is 0.917 bits per heavy atom. The number of carboxylic acid groups (broad SMARTS) is 2. The van der Waals surface area contributed by atoms with Crippen LogP contribution in [0.15, 0.2) is 12.1 Å². The number of nitrogens with zero attached hydrogens (tertiary/aromatic N) is 2. The van der Waals surface area contributed by atoms with Crippen molar-refractivity contribution in [3.05, 3.63) is 12.1 Å². The molecular formula is C14H14N4O4S2. The van der Waals surface area contributed by atoms with Crippen molar-refractivity contribution in [1.82, 2.24) is 9.97 Å². The third-order valence-corrected chi connectivity index (χ3v) is 5.22. The minimum Gasteiger partial charge on any atom is -0.480 e. The van der Waals surface area contributed by atoms with Crippen molar-refractivity contribution < 1.29 is 19.8 Å². The van der Waals surface area contributed by atoms with E-state index in [2.05, 4.69) is 20.6 Å². The molecule has 2 atom stereocenters. The van der Waals surface area contributed by atoms with Gasteiger partial charge in [-0.15, -0.1) is 0 Å². The number of benzene rings is 1. The van der Waals surface area contributed by atoms with Gasteiger partial charge in [0.15, 0.2) is 10.3 Å². The van der Waals surface area contributed by atoms with Gasteiger partial charge in [0.1, 0.15) is 12.1 Å². The van der Waals surface area contributed by atoms with E-state index in [0.29, 0.717) is 10.3 Å². The molecule has 0 spiro atoms. The highest BCUT2D eigenvalue weighted by atomic mass is 32.1. The second-order valence-electron chi connectivity index (χ2n) is 5.23. The first-order valence-corrected chi connectivity index (χ1v) is 8.66. The van der Waals surface area contributed by atoms with Crippen LogP contribution in [0.3, 0.4) is 0 Å². The van der Waals surface area contributed by atoms with Crippen LogP contribution in [-0.2, 0) is 9.59 Å². The summed E-state index contributed by atoms with van der Waals surface area (Å²) in [5, 5.41) is 24.6. The highest BCUT2D eigenvalue weighted by molar-refractivity contribution is 7.24. The van der Waals surface area contributed by atoms with E-state index >= 15 is 0 Å². The maximum absolute atomic E-state index is 10.9. The Morgan fingerprint density at radius 2 is 1.33 bits per heavy atom. The van der Waals surface area contributed by atoms with Gasteiger partial charge in [0, 0.05) is 0 Å². The highest BCUT2D eigenvalue weighted by Crippen LogP contribution is 2.34. The standard InChI is InChI=1S/C14H14N4O4S2/c1-5(11(19)20)15-13-17-7-3-8-10(4-9(7)23-13)24-14(18-8)16-6(2)12(21)22/h3-6H,1-2H3,(H,15,17)(H,16,18)(H,19,20)(H,21,22). The zero-order valence-electron chi connectivity index (χ0n) is 12.7. The molecule has 0 aliphatic carbocycles. The van der Waals surface area contributed by atoms with E-state index in [-0.39, 0.29) is 0 Å². The van der Waals surface area contributed by atoms with Crippen molar-refractivity contribution in [1.29, 1.82) is 0 Å². The van der Waals surface area contributed by atoms with Crippen LogP contribution in [0.25, 0.3) is 20.4 Å². The zero-order valence-corrected chi connectivity index (χ0v) is 14.4. The third-order valence-electron chi connectivity index (χ3n) is 3.32. The van der Waals surface area contributed by atoms with Crippen molar-refractivity contribution in [3.8, 4) is 0 Å². The predicted molar refractivity (Wildman–Crippen MR) is 94.2 cm³/mol. The molecule has 0 saturated heterocycles. The van der Waals surface area contributed by atoms with E-state index in [1.165, 1.54) is 22.7 Å². The van der Waals surface area contributed by atoms with E-state index in [1.807, 2.05) is 12.1 Å². The fraction of sp³-hybridized carbons (Fsp3) is 0.286. The fourth-order valence-electron chi connectivity index (χ4n) is 1.97. The molecule has 0 fully saturated rings. The number of carboxylic acids is 2. The Labute approximate surface area is 144 Å². The van der Waals surface area contributed by atoms with Crippen molar-refractivity contribution in [2.45, 2.75) is 25.9 Å². The van der Waals surface area contributed by atoms with E-state index in [0.717, 1.165) is 20.4 Å². The number of fused-ring (bicyclic) bond motifs is 2. The first-order chi connectivity index (χ1) is 11.3. The predicted octanol–water partition coefficient (Wildman–Crippen LogP) is 2.68. The summed E-state index contributed by atoms with van der Waals surface area (Å²) >= 11 is 2.73. The molecule has 2 heterocycles. The minimum absolute atomic E-state index is 0.537. The normalized spacial score (nSPS) is 13.8. The van der Waals surface area contributed by atoms with Crippen LogP contribution in [0.4, 0.5) is 10.3 Å². The summed E-state index contributed by atoms with van der Waals surface area (Å²) in [6.07, 6.45) is 0. The van der Waals surface area contributed by atoms with Crippen LogP contribution in [0.5, 0.6) is 0 Å². The molecule has 2 unspecified atom stereocenters. The molecule has 8 nitrogen and oxygen atoms in total. The van der Waals surface area contributed by atoms with Crippen LogP contribution in [0, 0.1) is 0 Å². The van der Waals surface area contributed by atoms with Crippen LogP contribution < -0.4 is 10.6 Å². The number of rotatable bonds is 6. The van der Waals surface area contributed by atoms with Crippen LogP contribution >= 0.6 is 22.7 Å². The van der Waals surface area contributed by atoms with Crippen LogP contribution in [0.1, 0.15) is 13.8 Å². The summed E-state index contributed by atoms with van der Waals surface area (Å²) in [6, 6.07) is 2.29. The van der Waals surface area contributed by atoms with Crippen molar-refractivity contribution in [2.24, 2.45) is 0 Å². The lowest BCUT2D eigenvalue weighted by Gasteiger charge is -2.05. The number of nitrogens with one attached hydrogen (secondary N) is 2. The average molecular weight is 366 g/mol. The molecule has 3 aromatic rings. The van der Waals surface area contributed by atoms with E-state index in [4.69, 9.17) is 10.2 Å². The molecule has 0 amide bonds. The van der Waals surface area contributed by atoms with E-state index < -0.39 is 24.0 Å². The van der Waals surface area contributed by atoms with Crippen molar-refractivity contribution >= 4 is 65.3 Å². The molecule has 24 heavy (non-hydrogen) atoms. The number of hydrogen-bond donors (Lipinski definition) is 4. The Kier molecular flexibility index (Phi) is 4.24. The van der Waals surface area contributed by atoms with Gasteiger partial charge in [0.25, 0.3) is 0 Å². The van der Waals surface area contributed by atoms with E-state index in [1.54, 1.807) is 13.8 Å². The molecule has 10 heteroatoms. The number of anilines is 2. The number of hydrogen-bond acceptors (Lipinski definition) is 8. The molecule has 0 aliphatic heterocycles. The zero-order chi connectivity index (χ0) is 17.4. The molecule has 4 N–H and O–H groups in total.